The Morgan fingerprint density at radius 2 is 2.06 bits per heavy atom. The van der Waals surface area contributed by atoms with E-state index in [1.807, 2.05) is 6.07 Å². The van der Waals surface area contributed by atoms with E-state index in [2.05, 4.69) is 5.32 Å². The first-order valence-corrected chi connectivity index (χ1v) is 5.53. The Morgan fingerprint density at radius 3 is 2.56 bits per heavy atom. The van der Waals surface area contributed by atoms with Gasteiger partial charge in [0.2, 0.25) is 0 Å². The molecule has 0 heterocycles. The van der Waals surface area contributed by atoms with E-state index in [4.69, 9.17) is 10.00 Å². The fraction of sp³-hybridized carbons (Fsp3) is 0.385. The van der Waals surface area contributed by atoms with E-state index in [-0.39, 0.29) is 19.1 Å². The number of hydrogen-bond donors (Lipinski definition) is 2. The van der Waals surface area contributed by atoms with Crippen LogP contribution in [0.2, 0.25) is 0 Å². The van der Waals surface area contributed by atoms with E-state index in [0.29, 0.717) is 11.3 Å². The molecule has 1 aromatic carbocycles. The third kappa shape index (κ3) is 5.32. The van der Waals surface area contributed by atoms with Gasteiger partial charge >= 0.3 is 0 Å². The maximum atomic E-state index is 11.4. The average molecular weight is 248 g/mol. The van der Waals surface area contributed by atoms with Crippen LogP contribution in [0.15, 0.2) is 24.3 Å². The lowest BCUT2D eigenvalue weighted by Crippen LogP contribution is -2.40. The Labute approximate surface area is 106 Å². The van der Waals surface area contributed by atoms with E-state index < -0.39 is 5.60 Å². The minimum absolute atomic E-state index is 0.123. The monoisotopic (exact) mass is 248 g/mol. The number of benzene rings is 1. The Bertz CT molecular complexity index is 441. The summed E-state index contributed by atoms with van der Waals surface area (Å²) in [7, 11) is 0. The van der Waals surface area contributed by atoms with Crippen molar-refractivity contribution in [3.05, 3.63) is 29.8 Å². The summed E-state index contributed by atoms with van der Waals surface area (Å²) in [6.07, 6.45) is 0. The predicted octanol–water partition coefficient (Wildman–Crippen LogP) is 0.824. The van der Waals surface area contributed by atoms with Crippen molar-refractivity contribution in [1.29, 1.82) is 5.26 Å². The Hall–Kier alpha value is -2.06. The van der Waals surface area contributed by atoms with Crippen LogP contribution in [0, 0.1) is 11.3 Å². The molecule has 0 aliphatic carbocycles. The van der Waals surface area contributed by atoms with Crippen LogP contribution in [0.3, 0.4) is 0 Å². The van der Waals surface area contributed by atoms with Gasteiger partial charge in [-0.3, -0.25) is 4.79 Å². The van der Waals surface area contributed by atoms with Crippen molar-refractivity contribution >= 4 is 5.91 Å². The normalized spacial score (nSPS) is 10.6. The molecular weight excluding hydrogens is 232 g/mol. The number of rotatable bonds is 5. The quantitative estimate of drug-likeness (QED) is 0.808. The van der Waals surface area contributed by atoms with Crippen LogP contribution >= 0.6 is 0 Å². The molecule has 0 aliphatic rings. The van der Waals surface area contributed by atoms with Crippen molar-refractivity contribution in [2.45, 2.75) is 19.4 Å². The molecule has 1 amide bonds. The van der Waals surface area contributed by atoms with Gasteiger partial charge < -0.3 is 15.2 Å². The van der Waals surface area contributed by atoms with Gasteiger partial charge in [0.25, 0.3) is 5.91 Å². The number of carbonyl (C=O) groups excluding carboxylic acids is 1. The SMILES string of the molecule is CC(C)(O)CNC(=O)COc1ccc(C#N)cc1. The highest BCUT2D eigenvalue weighted by molar-refractivity contribution is 5.77. The highest BCUT2D eigenvalue weighted by Gasteiger charge is 2.13. The summed E-state index contributed by atoms with van der Waals surface area (Å²) in [5, 5.41) is 20.6. The molecule has 1 aromatic rings. The molecule has 0 radical (unpaired) electrons. The highest BCUT2D eigenvalue weighted by Crippen LogP contribution is 2.11. The van der Waals surface area contributed by atoms with Gasteiger partial charge in [-0.25, -0.2) is 0 Å². The van der Waals surface area contributed by atoms with E-state index in [1.165, 1.54) is 0 Å². The van der Waals surface area contributed by atoms with Crippen molar-refractivity contribution < 1.29 is 14.6 Å². The molecule has 5 nitrogen and oxygen atoms in total. The summed E-state index contributed by atoms with van der Waals surface area (Å²) in [6.45, 7) is 3.26. The second kappa shape index (κ2) is 6.03. The molecule has 18 heavy (non-hydrogen) atoms. The molecule has 0 atom stereocenters. The van der Waals surface area contributed by atoms with Crippen LogP contribution in [-0.2, 0) is 4.79 Å². The lowest BCUT2D eigenvalue weighted by Gasteiger charge is -2.17. The summed E-state index contributed by atoms with van der Waals surface area (Å²) in [5.41, 5.74) is -0.404. The highest BCUT2D eigenvalue weighted by atomic mass is 16.5. The molecule has 0 saturated heterocycles. The van der Waals surface area contributed by atoms with Gasteiger partial charge in [0.05, 0.1) is 17.2 Å². The molecule has 0 saturated carbocycles. The average Bonchev–Trinajstić information content (AvgIpc) is 2.33. The molecule has 0 spiro atoms. The zero-order valence-electron chi connectivity index (χ0n) is 10.4. The molecule has 0 aliphatic heterocycles. The maximum Gasteiger partial charge on any atom is 0.258 e. The number of aliphatic hydroxyl groups is 1. The number of ether oxygens (including phenoxy) is 1. The van der Waals surface area contributed by atoms with Gasteiger partial charge in [-0.1, -0.05) is 0 Å². The van der Waals surface area contributed by atoms with Crippen LogP contribution in [0.25, 0.3) is 0 Å². The lowest BCUT2D eigenvalue weighted by molar-refractivity contribution is -0.124. The Morgan fingerprint density at radius 1 is 1.44 bits per heavy atom. The van der Waals surface area contributed by atoms with Crippen LogP contribution in [0.5, 0.6) is 5.75 Å². The first kappa shape index (κ1) is 14.0. The van der Waals surface area contributed by atoms with Crippen molar-refractivity contribution in [3.8, 4) is 11.8 Å². The van der Waals surface area contributed by atoms with Gasteiger partial charge in [0, 0.05) is 6.54 Å². The van der Waals surface area contributed by atoms with E-state index >= 15 is 0 Å². The Kier molecular flexibility index (Phi) is 4.69. The predicted molar refractivity (Wildman–Crippen MR) is 66.0 cm³/mol. The molecule has 96 valence electrons. The molecule has 0 fully saturated rings. The van der Waals surface area contributed by atoms with Crippen LogP contribution in [0.1, 0.15) is 19.4 Å². The lowest BCUT2D eigenvalue weighted by atomic mass is 10.1. The summed E-state index contributed by atoms with van der Waals surface area (Å²) in [5.74, 6) is 0.217. The molecule has 0 bridgehead atoms. The molecule has 0 aromatic heterocycles. The van der Waals surface area contributed by atoms with Gasteiger partial charge in [-0.15, -0.1) is 0 Å². The number of amides is 1. The second-order valence-corrected chi connectivity index (χ2v) is 4.51. The molecule has 0 unspecified atom stereocenters. The zero-order valence-corrected chi connectivity index (χ0v) is 10.4. The minimum atomic E-state index is -0.940. The largest absolute Gasteiger partial charge is 0.484 e. The molecule has 1 rings (SSSR count). The maximum absolute atomic E-state index is 11.4. The molecule has 5 heteroatoms. The molecular formula is C13H16N2O3. The van der Waals surface area contributed by atoms with Gasteiger partial charge in [-0.05, 0) is 38.1 Å². The zero-order chi connectivity index (χ0) is 13.6. The van der Waals surface area contributed by atoms with Crippen molar-refractivity contribution in [2.75, 3.05) is 13.2 Å². The second-order valence-electron chi connectivity index (χ2n) is 4.51. The third-order valence-electron chi connectivity index (χ3n) is 2.07. The van der Waals surface area contributed by atoms with E-state index in [0.717, 1.165) is 0 Å². The fourth-order valence-corrected chi connectivity index (χ4v) is 1.14. The number of carbonyl (C=O) groups is 1. The third-order valence-corrected chi connectivity index (χ3v) is 2.07. The van der Waals surface area contributed by atoms with Gasteiger partial charge in [-0.2, -0.15) is 5.26 Å². The first-order chi connectivity index (χ1) is 8.40. The summed E-state index contributed by atoms with van der Waals surface area (Å²) in [4.78, 5) is 11.4. The van der Waals surface area contributed by atoms with Gasteiger partial charge in [0.15, 0.2) is 6.61 Å². The first-order valence-electron chi connectivity index (χ1n) is 5.53. The van der Waals surface area contributed by atoms with Crippen molar-refractivity contribution in [3.63, 3.8) is 0 Å². The van der Waals surface area contributed by atoms with Crippen LogP contribution in [-0.4, -0.2) is 29.8 Å². The Balaban J connectivity index is 2.36. The number of nitrogens with one attached hydrogen (secondary N) is 1. The summed E-state index contributed by atoms with van der Waals surface area (Å²) < 4.78 is 5.23. The van der Waals surface area contributed by atoms with Crippen LogP contribution in [0.4, 0.5) is 0 Å². The summed E-state index contributed by atoms with van der Waals surface area (Å²) in [6, 6.07) is 8.48. The standard InChI is InChI=1S/C13H16N2O3/c1-13(2,17)9-15-12(16)8-18-11-5-3-10(7-14)4-6-11/h3-6,17H,8-9H2,1-2H3,(H,15,16). The smallest absolute Gasteiger partial charge is 0.258 e. The minimum Gasteiger partial charge on any atom is -0.484 e. The van der Waals surface area contributed by atoms with E-state index in [1.54, 1.807) is 38.1 Å². The van der Waals surface area contributed by atoms with Crippen LogP contribution < -0.4 is 10.1 Å². The van der Waals surface area contributed by atoms with Gasteiger partial charge in [0.1, 0.15) is 5.75 Å². The van der Waals surface area contributed by atoms with E-state index in [9.17, 15) is 9.90 Å². The number of nitriles is 1. The van der Waals surface area contributed by atoms with Crippen molar-refractivity contribution in [2.24, 2.45) is 0 Å². The topological polar surface area (TPSA) is 82.3 Å². The number of nitrogens with zero attached hydrogens (tertiary/aromatic N) is 1. The fourth-order valence-electron chi connectivity index (χ4n) is 1.14. The molecule has 2 N–H and O–H groups in total. The summed E-state index contributed by atoms with van der Waals surface area (Å²) >= 11 is 0. The number of hydrogen-bond acceptors (Lipinski definition) is 4. The van der Waals surface area contributed by atoms with Crippen molar-refractivity contribution in [1.82, 2.24) is 5.32 Å².